The molecule has 0 aliphatic carbocycles. The van der Waals surface area contributed by atoms with Gasteiger partial charge in [-0.25, -0.2) is 9.67 Å². The molecule has 1 amide bonds. The Labute approximate surface area is 127 Å². The maximum Gasteiger partial charge on any atom is 0.261 e. The van der Waals surface area contributed by atoms with Crippen molar-refractivity contribution in [1.82, 2.24) is 20.1 Å². The first kappa shape index (κ1) is 15.4. The number of aryl methyl sites for hydroxylation is 1. The van der Waals surface area contributed by atoms with E-state index < -0.39 is 0 Å². The number of nitrogens with one attached hydrogen (secondary N) is 1. The predicted octanol–water partition coefficient (Wildman–Crippen LogP) is 2.44. The average Bonchev–Trinajstić information content (AvgIpc) is 3.07. The van der Waals surface area contributed by atoms with Crippen LogP contribution in [0.5, 0.6) is 0 Å². The molecule has 21 heavy (non-hydrogen) atoms. The number of carbonyl (C=O) groups excluding carboxylic acids is 2. The molecule has 0 fully saturated rings. The van der Waals surface area contributed by atoms with Crippen LogP contribution in [0.3, 0.4) is 0 Å². The van der Waals surface area contributed by atoms with E-state index in [-0.39, 0.29) is 17.7 Å². The Morgan fingerprint density at radius 2 is 2.10 bits per heavy atom. The van der Waals surface area contributed by atoms with Gasteiger partial charge in [0, 0.05) is 6.54 Å². The third-order valence-electron chi connectivity index (χ3n) is 2.99. The maximum absolute atomic E-state index is 12.2. The zero-order chi connectivity index (χ0) is 15.4. The van der Waals surface area contributed by atoms with Gasteiger partial charge < -0.3 is 5.32 Å². The van der Waals surface area contributed by atoms with E-state index in [0.717, 1.165) is 18.8 Å². The highest BCUT2D eigenvalue weighted by Crippen LogP contribution is 2.18. The first-order chi connectivity index (χ1) is 10.0. The molecular formula is C14H18N4O2S. The zero-order valence-electron chi connectivity index (χ0n) is 12.3. The summed E-state index contributed by atoms with van der Waals surface area (Å²) in [6.45, 7) is 6.18. The van der Waals surface area contributed by atoms with Crippen LogP contribution in [0.4, 0.5) is 0 Å². The monoisotopic (exact) mass is 306 g/mol. The van der Waals surface area contributed by atoms with Gasteiger partial charge in [-0.2, -0.15) is 5.10 Å². The van der Waals surface area contributed by atoms with E-state index in [1.807, 2.05) is 6.92 Å². The second-order valence-electron chi connectivity index (χ2n) is 4.76. The second kappa shape index (κ2) is 6.62. The normalized spacial score (nSPS) is 12.1. The van der Waals surface area contributed by atoms with Crippen LogP contribution in [-0.4, -0.2) is 26.5 Å². The molecule has 1 N–H and O–H groups in total. The largest absolute Gasteiger partial charge is 0.342 e. The van der Waals surface area contributed by atoms with Crippen LogP contribution in [0.1, 0.15) is 58.4 Å². The van der Waals surface area contributed by atoms with E-state index in [1.54, 1.807) is 16.8 Å². The molecule has 6 nitrogen and oxygen atoms in total. The second-order valence-corrected chi connectivity index (χ2v) is 5.84. The predicted molar refractivity (Wildman–Crippen MR) is 80.5 cm³/mol. The highest BCUT2D eigenvalue weighted by Gasteiger charge is 2.18. The molecule has 7 heteroatoms. The third-order valence-corrected chi connectivity index (χ3v) is 4.18. The van der Waals surface area contributed by atoms with Crippen LogP contribution in [-0.2, 0) is 6.54 Å². The molecule has 0 spiro atoms. The molecule has 0 bridgehead atoms. The Balaban J connectivity index is 2.07. The zero-order valence-corrected chi connectivity index (χ0v) is 13.1. The summed E-state index contributed by atoms with van der Waals surface area (Å²) in [6, 6.07) is 3.10. The Morgan fingerprint density at radius 3 is 2.71 bits per heavy atom. The van der Waals surface area contributed by atoms with E-state index in [9.17, 15) is 9.59 Å². The summed E-state index contributed by atoms with van der Waals surface area (Å²) in [7, 11) is 0. The van der Waals surface area contributed by atoms with Crippen LogP contribution >= 0.6 is 11.3 Å². The van der Waals surface area contributed by atoms with Crippen LogP contribution < -0.4 is 5.32 Å². The lowest BCUT2D eigenvalue weighted by Crippen LogP contribution is -2.28. The van der Waals surface area contributed by atoms with Crippen molar-refractivity contribution in [3.63, 3.8) is 0 Å². The topological polar surface area (TPSA) is 76.9 Å². The van der Waals surface area contributed by atoms with Gasteiger partial charge in [-0.3, -0.25) is 9.59 Å². The molecule has 0 saturated heterocycles. The van der Waals surface area contributed by atoms with Crippen molar-refractivity contribution in [3.05, 3.63) is 34.0 Å². The molecule has 0 aliphatic heterocycles. The molecule has 2 aromatic heterocycles. The number of carbonyl (C=O) groups is 2. The molecule has 1 atom stereocenters. The smallest absolute Gasteiger partial charge is 0.261 e. The van der Waals surface area contributed by atoms with Crippen LogP contribution in [0.2, 0.25) is 0 Å². The first-order valence-electron chi connectivity index (χ1n) is 6.82. The number of ketones is 1. The van der Waals surface area contributed by atoms with Gasteiger partial charge in [-0.05, 0) is 32.4 Å². The van der Waals surface area contributed by atoms with Crippen molar-refractivity contribution >= 4 is 23.0 Å². The molecule has 0 aliphatic rings. The number of rotatable bonds is 6. The van der Waals surface area contributed by atoms with Gasteiger partial charge >= 0.3 is 0 Å². The van der Waals surface area contributed by atoms with Gasteiger partial charge in [-0.15, -0.1) is 11.3 Å². The first-order valence-corrected chi connectivity index (χ1v) is 7.64. The van der Waals surface area contributed by atoms with E-state index >= 15 is 0 Å². The van der Waals surface area contributed by atoms with Gasteiger partial charge in [0.25, 0.3) is 5.91 Å². The van der Waals surface area contributed by atoms with Crippen molar-refractivity contribution in [2.75, 3.05) is 0 Å². The maximum atomic E-state index is 12.2. The number of nitrogens with zero attached hydrogens (tertiary/aromatic N) is 3. The molecule has 0 aromatic carbocycles. The minimum atomic E-state index is -0.241. The molecule has 1 unspecified atom stereocenters. The van der Waals surface area contributed by atoms with E-state index in [4.69, 9.17) is 0 Å². The van der Waals surface area contributed by atoms with E-state index in [1.165, 1.54) is 24.6 Å². The van der Waals surface area contributed by atoms with E-state index in [0.29, 0.717) is 9.75 Å². The summed E-state index contributed by atoms with van der Waals surface area (Å²) in [5, 5.41) is 7.03. The van der Waals surface area contributed by atoms with Gasteiger partial charge in [0.15, 0.2) is 5.78 Å². The number of Topliss-reactive ketones (excluding diaryl/α,β-unsaturated/α-hetero) is 1. The minimum Gasteiger partial charge on any atom is -0.342 e. The number of thiophene rings is 1. The molecule has 112 valence electrons. The molecule has 0 saturated carbocycles. The van der Waals surface area contributed by atoms with Gasteiger partial charge in [-0.1, -0.05) is 6.92 Å². The number of hydrogen-bond donors (Lipinski definition) is 1. The van der Waals surface area contributed by atoms with Gasteiger partial charge in [0.05, 0.1) is 15.8 Å². The summed E-state index contributed by atoms with van der Waals surface area (Å²) in [6.07, 6.45) is 2.44. The van der Waals surface area contributed by atoms with Crippen LogP contribution in [0, 0.1) is 0 Å². The lowest BCUT2D eigenvalue weighted by molar-refractivity contribution is 0.0941. The fraction of sp³-hybridized carbons (Fsp3) is 0.429. The Kier molecular flexibility index (Phi) is 4.85. The van der Waals surface area contributed by atoms with Crippen molar-refractivity contribution in [2.24, 2.45) is 0 Å². The Morgan fingerprint density at radius 1 is 1.38 bits per heavy atom. The number of amides is 1. The van der Waals surface area contributed by atoms with E-state index in [2.05, 4.69) is 22.3 Å². The summed E-state index contributed by atoms with van der Waals surface area (Å²) < 4.78 is 1.79. The highest BCUT2D eigenvalue weighted by molar-refractivity contribution is 7.15. The molecule has 0 radical (unpaired) electrons. The number of aromatic nitrogens is 3. The summed E-state index contributed by atoms with van der Waals surface area (Å²) in [4.78, 5) is 28.8. The summed E-state index contributed by atoms with van der Waals surface area (Å²) in [5.74, 6) is 0.495. The minimum absolute atomic E-state index is 0.0326. The lowest BCUT2D eigenvalue weighted by Gasteiger charge is -2.13. The molecule has 2 aromatic rings. The standard InChI is InChI=1S/C14H18N4O2S/c1-4-7-18-13(15-8-16-18)9(2)17-14(20)12-6-5-11(21-12)10(3)19/h5-6,8-9H,4,7H2,1-3H3,(H,17,20). The summed E-state index contributed by atoms with van der Waals surface area (Å²) in [5.41, 5.74) is 0. The van der Waals surface area contributed by atoms with Crippen molar-refractivity contribution in [3.8, 4) is 0 Å². The number of hydrogen-bond acceptors (Lipinski definition) is 5. The quantitative estimate of drug-likeness (QED) is 0.832. The van der Waals surface area contributed by atoms with Crippen molar-refractivity contribution in [1.29, 1.82) is 0 Å². The lowest BCUT2D eigenvalue weighted by atomic mass is 10.3. The molecule has 2 rings (SSSR count). The molecule has 2 heterocycles. The van der Waals surface area contributed by atoms with Gasteiger partial charge in [0.1, 0.15) is 12.2 Å². The SMILES string of the molecule is CCCn1ncnc1C(C)NC(=O)c1ccc(C(C)=O)s1. The van der Waals surface area contributed by atoms with Crippen molar-refractivity contribution < 1.29 is 9.59 Å². The fourth-order valence-corrected chi connectivity index (χ4v) is 2.78. The van der Waals surface area contributed by atoms with Crippen LogP contribution in [0.15, 0.2) is 18.5 Å². The average molecular weight is 306 g/mol. The molecular weight excluding hydrogens is 288 g/mol. The summed E-state index contributed by atoms with van der Waals surface area (Å²) >= 11 is 1.20. The Hall–Kier alpha value is -2.02. The highest BCUT2D eigenvalue weighted by atomic mass is 32.1. The van der Waals surface area contributed by atoms with Crippen LogP contribution in [0.25, 0.3) is 0 Å². The Bertz CT molecular complexity index is 647. The van der Waals surface area contributed by atoms with Crippen molar-refractivity contribution in [2.45, 2.75) is 39.8 Å². The third kappa shape index (κ3) is 3.55. The van der Waals surface area contributed by atoms with Gasteiger partial charge in [0.2, 0.25) is 0 Å². The fourth-order valence-electron chi connectivity index (χ4n) is 1.97.